The van der Waals surface area contributed by atoms with Crippen molar-refractivity contribution in [1.29, 1.82) is 0 Å². The summed E-state index contributed by atoms with van der Waals surface area (Å²) in [5.41, 5.74) is 1.29. The average molecular weight is 340 g/mol. The largest absolute Gasteiger partial charge is 0.321 e. The molecule has 1 amide bonds. The maximum absolute atomic E-state index is 12.2. The molecule has 0 radical (unpaired) electrons. The third-order valence-electron chi connectivity index (χ3n) is 2.51. The molecule has 1 heterocycles. The van der Waals surface area contributed by atoms with Crippen molar-refractivity contribution in [3.05, 3.63) is 39.3 Å². The van der Waals surface area contributed by atoms with Crippen molar-refractivity contribution in [2.75, 3.05) is 5.32 Å². The van der Waals surface area contributed by atoms with Gasteiger partial charge in [0.05, 0.1) is 5.69 Å². The smallest absolute Gasteiger partial charge is 0.269 e. The monoisotopic (exact) mass is 339 g/mol. The number of hydrogen-bond acceptors (Lipinski definition) is 4. The summed E-state index contributed by atoms with van der Waals surface area (Å²) >= 11 is 4.48. The summed E-state index contributed by atoms with van der Waals surface area (Å²) in [6.45, 7) is 6.04. The Hall–Kier alpha value is -1.27. The van der Waals surface area contributed by atoms with Gasteiger partial charge in [0, 0.05) is 15.6 Å². The van der Waals surface area contributed by atoms with E-state index in [1.54, 1.807) is 0 Å². The van der Waals surface area contributed by atoms with Crippen LogP contribution in [0.2, 0.25) is 0 Å². The van der Waals surface area contributed by atoms with E-state index in [1.165, 1.54) is 0 Å². The molecule has 0 unspecified atom stereocenters. The van der Waals surface area contributed by atoms with Gasteiger partial charge >= 0.3 is 0 Å². The van der Waals surface area contributed by atoms with Crippen LogP contribution in [0.3, 0.4) is 0 Å². The van der Waals surface area contributed by atoms with Gasteiger partial charge in [0.15, 0.2) is 0 Å². The first-order valence-corrected chi connectivity index (χ1v) is 7.34. The van der Waals surface area contributed by atoms with Gasteiger partial charge in [-0.2, -0.15) is 0 Å². The minimum atomic E-state index is -0.195. The number of carbonyl (C=O) groups is 1. The van der Waals surface area contributed by atoms with E-state index in [0.717, 1.165) is 27.4 Å². The zero-order chi connectivity index (χ0) is 14.0. The minimum Gasteiger partial charge on any atom is -0.321 e. The van der Waals surface area contributed by atoms with Crippen molar-refractivity contribution >= 4 is 39.1 Å². The fraction of sp³-hybridized carbons (Fsp3) is 0.308. The quantitative estimate of drug-likeness (QED) is 0.903. The molecule has 100 valence electrons. The number of benzene rings is 1. The highest BCUT2D eigenvalue weighted by molar-refractivity contribution is 9.10. The Morgan fingerprint density at radius 1 is 1.26 bits per heavy atom. The van der Waals surface area contributed by atoms with Gasteiger partial charge in [0.1, 0.15) is 4.88 Å². The highest BCUT2D eigenvalue weighted by Gasteiger charge is 2.26. The third kappa shape index (κ3) is 3.39. The second-order valence-corrected chi connectivity index (χ2v) is 6.83. The van der Waals surface area contributed by atoms with E-state index in [2.05, 4.69) is 30.8 Å². The van der Waals surface area contributed by atoms with Gasteiger partial charge in [-0.25, -0.2) is 0 Å². The molecule has 0 saturated carbocycles. The summed E-state index contributed by atoms with van der Waals surface area (Å²) in [4.78, 5) is 12.8. The predicted octanol–water partition coefficient (Wildman–Crippen LogP) is 3.85. The van der Waals surface area contributed by atoms with Crippen LogP contribution in [0.5, 0.6) is 0 Å². The van der Waals surface area contributed by atoms with Gasteiger partial charge in [0.2, 0.25) is 0 Å². The molecule has 19 heavy (non-hydrogen) atoms. The molecular formula is C13H14BrN3OS. The lowest BCUT2D eigenvalue weighted by Gasteiger charge is -2.16. The van der Waals surface area contributed by atoms with Crippen molar-refractivity contribution in [1.82, 2.24) is 9.59 Å². The molecule has 0 aliphatic rings. The molecule has 1 aromatic heterocycles. The van der Waals surface area contributed by atoms with Crippen LogP contribution >= 0.6 is 27.5 Å². The molecule has 0 spiro atoms. The van der Waals surface area contributed by atoms with Crippen LogP contribution in [-0.4, -0.2) is 15.5 Å². The van der Waals surface area contributed by atoms with E-state index >= 15 is 0 Å². The third-order valence-corrected chi connectivity index (χ3v) is 3.76. The zero-order valence-corrected chi connectivity index (χ0v) is 13.3. The second-order valence-electron chi connectivity index (χ2n) is 5.16. The first-order valence-electron chi connectivity index (χ1n) is 5.77. The molecule has 0 bridgehead atoms. The Morgan fingerprint density at radius 3 is 2.47 bits per heavy atom. The highest BCUT2D eigenvalue weighted by atomic mass is 79.9. The Labute approximate surface area is 124 Å². The van der Waals surface area contributed by atoms with Crippen molar-refractivity contribution in [2.24, 2.45) is 0 Å². The van der Waals surface area contributed by atoms with Crippen LogP contribution in [-0.2, 0) is 5.41 Å². The molecular weight excluding hydrogens is 326 g/mol. The fourth-order valence-corrected chi connectivity index (χ4v) is 2.59. The Kier molecular flexibility index (Phi) is 4.01. The summed E-state index contributed by atoms with van der Waals surface area (Å²) < 4.78 is 4.86. The van der Waals surface area contributed by atoms with E-state index in [0.29, 0.717) is 4.88 Å². The van der Waals surface area contributed by atoms with Crippen molar-refractivity contribution in [3.63, 3.8) is 0 Å². The predicted molar refractivity (Wildman–Crippen MR) is 80.7 cm³/mol. The van der Waals surface area contributed by atoms with Gasteiger partial charge in [-0.3, -0.25) is 4.79 Å². The fourth-order valence-electron chi connectivity index (χ4n) is 1.55. The van der Waals surface area contributed by atoms with Crippen molar-refractivity contribution in [2.45, 2.75) is 26.2 Å². The first kappa shape index (κ1) is 14.1. The lowest BCUT2D eigenvalue weighted by atomic mass is 9.91. The zero-order valence-electron chi connectivity index (χ0n) is 10.9. The van der Waals surface area contributed by atoms with Gasteiger partial charge < -0.3 is 5.32 Å². The molecule has 2 rings (SSSR count). The van der Waals surface area contributed by atoms with Crippen LogP contribution < -0.4 is 5.32 Å². The highest BCUT2D eigenvalue weighted by Crippen LogP contribution is 2.26. The van der Waals surface area contributed by atoms with Crippen LogP contribution in [0, 0.1) is 0 Å². The lowest BCUT2D eigenvalue weighted by molar-refractivity contribution is 0.102. The first-order chi connectivity index (χ1) is 8.88. The summed E-state index contributed by atoms with van der Waals surface area (Å²) in [7, 11) is 0. The summed E-state index contributed by atoms with van der Waals surface area (Å²) in [6, 6.07) is 7.44. The normalized spacial score (nSPS) is 11.4. The summed E-state index contributed by atoms with van der Waals surface area (Å²) in [5, 5.41) is 6.92. The number of nitrogens with one attached hydrogen (secondary N) is 1. The number of amides is 1. The van der Waals surface area contributed by atoms with Crippen LogP contribution in [0.25, 0.3) is 0 Å². The van der Waals surface area contributed by atoms with E-state index in [9.17, 15) is 4.79 Å². The SMILES string of the molecule is CC(C)(C)c1nnsc1C(=O)Nc1ccc(Br)cc1. The molecule has 1 N–H and O–H groups in total. The van der Waals surface area contributed by atoms with E-state index in [-0.39, 0.29) is 11.3 Å². The van der Waals surface area contributed by atoms with E-state index < -0.39 is 0 Å². The van der Waals surface area contributed by atoms with Gasteiger partial charge in [-0.1, -0.05) is 41.2 Å². The Balaban J connectivity index is 2.21. The molecule has 0 atom stereocenters. The topological polar surface area (TPSA) is 54.9 Å². The standard InChI is InChI=1S/C13H14BrN3OS/c1-13(2,3)11-10(19-17-16-11)12(18)15-9-6-4-8(14)5-7-9/h4-7H,1-3H3,(H,15,18). The molecule has 0 saturated heterocycles. The molecule has 6 heteroatoms. The molecule has 0 aliphatic carbocycles. The Morgan fingerprint density at radius 2 is 1.89 bits per heavy atom. The number of carbonyl (C=O) groups excluding carboxylic acids is 1. The lowest BCUT2D eigenvalue weighted by Crippen LogP contribution is -2.19. The average Bonchev–Trinajstić information content (AvgIpc) is 2.81. The van der Waals surface area contributed by atoms with Gasteiger partial charge in [-0.05, 0) is 35.8 Å². The number of rotatable bonds is 2. The number of aromatic nitrogens is 2. The van der Waals surface area contributed by atoms with Gasteiger partial charge in [-0.15, -0.1) is 5.10 Å². The molecule has 2 aromatic rings. The van der Waals surface area contributed by atoms with Crippen molar-refractivity contribution < 1.29 is 4.79 Å². The second kappa shape index (κ2) is 5.38. The van der Waals surface area contributed by atoms with E-state index in [1.807, 2.05) is 45.0 Å². The maximum Gasteiger partial charge on any atom is 0.269 e. The van der Waals surface area contributed by atoms with Crippen molar-refractivity contribution in [3.8, 4) is 0 Å². The number of halogens is 1. The molecule has 1 aromatic carbocycles. The van der Waals surface area contributed by atoms with Crippen LogP contribution in [0.1, 0.15) is 36.1 Å². The molecule has 0 fully saturated rings. The molecule has 0 aliphatic heterocycles. The number of nitrogens with zero attached hydrogens (tertiary/aromatic N) is 2. The summed E-state index contributed by atoms with van der Waals surface area (Å²) in [5.74, 6) is -0.165. The minimum absolute atomic E-state index is 0.165. The van der Waals surface area contributed by atoms with Crippen LogP contribution in [0.4, 0.5) is 5.69 Å². The number of hydrogen-bond donors (Lipinski definition) is 1. The van der Waals surface area contributed by atoms with E-state index in [4.69, 9.17) is 0 Å². The molecule has 4 nitrogen and oxygen atoms in total. The van der Waals surface area contributed by atoms with Gasteiger partial charge in [0.25, 0.3) is 5.91 Å². The van der Waals surface area contributed by atoms with Crippen LogP contribution in [0.15, 0.2) is 28.7 Å². The number of anilines is 1. The Bertz CT molecular complexity index is 587. The maximum atomic E-state index is 12.2. The summed E-state index contributed by atoms with van der Waals surface area (Å²) in [6.07, 6.45) is 0.